The van der Waals surface area contributed by atoms with Crippen LogP contribution in [0.3, 0.4) is 0 Å². The highest BCUT2D eigenvalue weighted by atomic mass is 32.1. The lowest BCUT2D eigenvalue weighted by atomic mass is 10.1. The standard InChI is InChI=1S/C9H7NO2S/c1-5(11)6-3-2-4-7-8(6)13-9(12)10-7/h2-4H,1H3,(H,10,12). The van der Waals surface area contributed by atoms with Crippen LogP contribution in [0, 0.1) is 0 Å². The molecule has 0 radical (unpaired) electrons. The molecule has 0 atom stereocenters. The van der Waals surface area contributed by atoms with Gasteiger partial charge in [0.25, 0.3) is 0 Å². The van der Waals surface area contributed by atoms with Crippen molar-refractivity contribution < 1.29 is 4.79 Å². The van der Waals surface area contributed by atoms with Crippen molar-refractivity contribution in [1.29, 1.82) is 0 Å². The summed E-state index contributed by atoms with van der Waals surface area (Å²) in [6.45, 7) is 1.50. The van der Waals surface area contributed by atoms with Crippen LogP contribution in [0.25, 0.3) is 10.2 Å². The Kier molecular flexibility index (Phi) is 1.77. The molecule has 0 aliphatic heterocycles. The van der Waals surface area contributed by atoms with E-state index in [1.165, 1.54) is 6.92 Å². The third-order valence-corrected chi connectivity index (χ3v) is 2.76. The molecule has 1 heterocycles. The Labute approximate surface area is 78.0 Å². The molecule has 1 aromatic carbocycles. The number of Topliss-reactive ketones (excluding diaryl/α,β-unsaturated/α-hetero) is 1. The van der Waals surface area contributed by atoms with Gasteiger partial charge in [-0.05, 0) is 19.1 Å². The highest BCUT2D eigenvalue weighted by Gasteiger charge is 2.07. The van der Waals surface area contributed by atoms with E-state index in [1.807, 2.05) is 0 Å². The largest absolute Gasteiger partial charge is 0.312 e. The number of hydrogen-bond donors (Lipinski definition) is 1. The first-order valence-corrected chi connectivity index (χ1v) is 4.63. The summed E-state index contributed by atoms with van der Waals surface area (Å²) in [6.07, 6.45) is 0. The summed E-state index contributed by atoms with van der Waals surface area (Å²) < 4.78 is 0.750. The Bertz CT molecular complexity index is 524. The summed E-state index contributed by atoms with van der Waals surface area (Å²) in [4.78, 5) is 24.7. The fraction of sp³-hybridized carbons (Fsp3) is 0.111. The molecule has 0 bridgehead atoms. The number of benzene rings is 1. The molecule has 66 valence electrons. The highest BCUT2D eigenvalue weighted by Crippen LogP contribution is 2.19. The number of aromatic nitrogens is 1. The average molecular weight is 193 g/mol. The van der Waals surface area contributed by atoms with Crippen molar-refractivity contribution in [1.82, 2.24) is 4.98 Å². The Hall–Kier alpha value is -1.42. The lowest BCUT2D eigenvalue weighted by molar-refractivity contribution is 0.101. The van der Waals surface area contributed by atoms with Crippen molar-refractivity contribution in [2.45, 2.75) is 6.92 Å². The van der Waals surface area contributed by atoms with Crippen molar-refractivity contribution in [3.05, 3.63) is 33.4 Å². The van der Waals surface area contributed by atoms with Gasteiger partial charge in [0.05, 0.1) is 10.2 Å². The van der Waals surface area contributed by atoms with E-state index in [0.29, 0.717) is 5.56 Å². The first-order valence-electron chi connectivity index (χ1n) is 3.81. The maximum atomic E-state index is 11.2. The second kappa shape index (κ2) is 2.81. The summed E-state index contributed by atoms with van der Waals surface area (Å²) in [6, 6.07) is 5.29. The molecule has 0 unspecified atom stereocenters. The number of carbonyl (C=O) groups is 1. The van der Waals surface area contributed by atoms with Gasteiger partial charge in [-0.15, -0.1) is 0 Å². The molecule has 0 saturated carbocycles. The van der Waals surface area contributed by atoms with E-state index in [9.17, 15) is 9.59 Å². The monoisotopic (exact) mass is 193 g/mol. The van der Waals surface area contributed by atoms with Crippen molar-refractivity contribution >= 4 is 27.3 Å². The molecule has 0 aliphatic rings. The van der Waals surface area contributed by atoms with E-state index in [0.717, 1.165) is 21.6 Å². The Morgan fingerprint density at radius 3 is 2.92 bits per heavy atom. The van der Waals surface area contributed by atoms with E-state index in [2.05, 4.69) is 4.98 Å². The Balaban J connectivity index is 2.90. The van der Waals surface area contributed by atoms with E-state index in [-0.39, 0.29) is 10.7 Å². The van der Waals surface area contributed by atoms with Crippen molar-refractivity contribution in [3.63, 3.8) is 0 Å². The van der Waals surface area contributed by atoms with Gasteiger partial charge in [-0.2, -0.15) is 0 Å². The van der Waals surface area contributed by atoms with Crippen LogP contribution in [-0.2, 0) is 0 Å². The van der Waals surface area contributed by atoms with Crippen molar-refractivity contribution in [2.75, 3.05) is 0 Å². The average Bonchev–Trinajstić information content (AvgIpc) is 2.43. The molecule has 1 N–H and O–H groups in total. The van der Waals surface area contributed by atoms with Crippen LogP contribution in [0.15, 0.2) is 23.0 Å². The number of hydrogen-bond acceptors (Lipinski definition) is 3. The second-order valence-electron chi connectivity index (χ2n) is 2.75. The van der Waals surface area contributed by atoms with E-state index in [1.54, 1.807) is 18.2 Å². The molecule has 4 heteroatoms. The van der Waals surface area contributed by atoms with Crippen molar-refractivity contribution in [3.8, 4) is 0 Å². The van der Waals surface area contributed by atoms with Gasteiger partial charge in [0, 0.05) is 5.56 Å². The molecule has 2 rings (SSSR count). The number of aromatic amines is 1. The van der Waals surface area contributed by atoms with Gasteiger partial charge in [0.1, 0.15) is 0 Å². The van der Waals surface area contributed by atoms with Crippen LogP contribution in [0.1, 0.15) is 17.3 Å². The predicted molar refractivity (Wildman–Crippen MR) is 52.5 cm³/mol. The first kappa shape index (κ1) is 8.19. The second-order valence-corrected chi connectivity index (χ2v) is 3.74. The van der Waals surface area contributed by atoms with Gasteiger partial charge in [-0.1, -0.05) is 17.4 Å². The molecular weight excluding hydrogens is 186 g/mol. The summed E-state index contributed by atoms with van der Waals surface area (Å²) >= 11 is 1.08. The molecule has 1 aromatic heterocycles. The van der Waals surface area contributed by atoms with E-state index >= 15 is 0 Å². The van der Waals surface area contributed by atoms with Crippen LogP contribution in [0.4, 0.5) is 0 Å². The number of nitrogens with one attached hydrogen (secondary N) is 1. The summed E-state index contributed by atoms with van der Waals surface area (Å²) in [5.74, 6) is -0.0131. The van der Waals surface area contributed by atoms with Gasteiger partial charge < -0.3 is 4.98 Å². The third-order valence-electron chi connectivity index (χ3n) is 1.83. The zero-order valence-corrected chi connectivity index (χ0v) is 7.77. The summed E-state index contributed by atoms with van der Waals surface area (Å²) in [5.41, 5.74) is 1.35. The quantitative estimate of drug-likeness (QED) is 0.702. The van der Waals surface area contributed by atoms with Crippen molar-refractivity contribution in [2.24, 2.45) is 0 Å². The molecule has 2 aromatic rings. The Morgan fingerprint density at radius 2 is 2.23 bits per heavy atom. The summed E-state index contributed by atoms with van der Waals surface area (Å²) in [5, 5.41) is 0. The summed E-state index contributed by atoms with van der Waals surface area (Å²) in [7, 11) is 0. The van der Waals surface area contributed by atoms with Crippen LogP contribution in [0.5, 0.6) is 0 Å². The molecule has 0 aliphatic carbocycles. The minimum atomic E-state index is -0.122. The maximum absolute atomic E-state index is 11.2. The van der Waals surface area contributed by atoms with Gasteiger partial charge in [-0.25, -0.2) is 0 Å². The van der Waals surface area contributed by atoms with E-state index in [4.69, 9.17) is 0 Å². The van der Waals surface area contributed by atoms with Crippen LogP contribution >= 0.6 is 11.3 Å². The SMILES string of the molecule is CC(=O)c1cccc2[nH]c(=O)sc12. The number of thiazole rings is 1. The highest BCUT2D eigenvalue weighted by molar-refractivity contribution is 7.16. The number of carbonyl (C=O) groups excluding carboxylic acids is 1. The van der Waals surface area contributed by atoms with E-state index < -0.39 is 0 Å². The van der Waals surface area contributed by atoms with Gasteiger partial charge in [0.15, 0.2) is 5.78 Å². The predicted octanol–water partition coefficient (Wildman–Crippen LogP) is 1.79. The van der Waals surface area contributed by atoms with Crippen LogP contribution in [-0.4, -0.2) is 10.8 Å². The molecule has 3 nitrogen and oxygen atoms in total. The molecular formula is C9H7NO2S. The first-order chi connectivity index (χ1) is 6.18. The van der Waals surface area contributed by atoms with Gasteiger partial charge >= 0.3 is 4.87 Å². The van der Waals surface area contributed by atoms with Crippen LogP contribution in [0.2, 0.25) is 0 Å². The fourth-order valence-electron chi connectivity index (χ4n) is 1.25. The zero-order chi connectivity index (χ0) is 9.42. The fourth-order valence-corrected chi connectivity index (χ4v) is 2.15. The number of ketones is 1. The molecule has 0 spiro atoms. The normalized spacial score (nSPS) is 10.5. The Morgan fingerprint density at radius 1 is 1.46 bits per heavy atom. The lowest BCUT2D eigenvalue weighted by Crippen LogP contribution is -1.90. The van der Waals surface area contributed by atoms with Crippen LogP contribution < -0.4 is 4.87 Å². The smallest absolute Gasteiger partial charge is 0.305 e. The number of rotatable bonds is 1. The molecule has 0 amide bonds. The third kappa shape index (κ3) is 1.29. The topological polar surface area (TPSA) is 49.9 Å². The molecule has 0 fully saturated rings. The molecule has 0 saturated heterocycles. The molecule has 13 heavy (non-hydrogen) atoms. The maximum Gasteiger partial charge on any atom is 0.305 e. The number of fused-ring (bicyclic) bond motifs is 1. The van der Waals surface area contributed by atoms with Gasteiger partial charge in [-0.3, -0.25) is 9.59 Å². The van der Waals surface area contributed by atoms with Gasteiger partial charge in [0.2, 0.25) is 0 Å². The zero-order valence-electron chi connectivity index (χ0n) is 6.96. The minimum absolute atomic E-state index is 0.0131. The number of H-pyrrole nitrogens is 1. The lowest BCUT2D eigenvalue weighted by Gasteiger charge is -1.94. The minimum Gasteiger partial charge on any atom is -0.312 e.